The van der Waals surface area contributed by atoms with Crippen molar-refractivity contribution in [3.05, 3.63) is 64.9 Å². The number of hydrogen-bond donors (Lipinski definition) is 2. The lowest BCUT2D eigenvalue weighted by atomic mass is 10.0. The molecule has 26 heavy (non-hydrogen) atoms. The van der Waals surface area contributed by atoms with Crippen molar-refractivity contribution >= 4 is 17.6 Å². The molecule has 1 saturated heterocycles. The van der Waals surface area contributed by atoms with Gasteiger partial charge in [0.05, 0.1) is 0 Å². The van der Waals surface area contributed by atoms with E-state index in [0.29, 0.717) is 11.6 Å². The van der Waals surface area contributed by atoms with Gasteiger partial charge in [0.15, 0.2) is 0 Å². The average Bonchev–Trinajstić information content (AvgIpc) is 2.68. The summed E-state index contributed by atoms with van der Waals surface area (Å²) in [5, 5.41) is 6.64. The van der Waals surface area contributed by atoms with Crippen molar-refractivity contribution in [3.8, 4) is 0 Å². The van der Waals surface area contributed by atoms with Crippen LogP contribution in [-0.2, 0) is 13.0 Å². The van der Waals surface area contributed by atoms with Crippen LogP contribution in [0.25, 0.3) is 0 Å². The van der Waals surface area contributed by atoms with Crippen molar-refractivity contribution in [3.63, 3.8) is 0 Å². The summed E-state index contributed by atoms with van der Waals surface area (Å²) in [5.41, 5.74) is 2.24. The Bertz CT molecular complexity index is 702. The summed E-state index contributed by atoms with van der Waals surface area (Å²) in [7, 11) is 0. The molecule has 0 aliphatic carbocycles. The molecule has 5 nitrogen and oxygen atoms in total. The predicted octanol–water partition coefficient (Wildman–Crippen LogP) is 3.24. The number of urea groups is 1. The molecule has 0 radical (unpaired) electrons. The number of benzene rings is 1. The van der Waals surface area contributed by atoms with Gasteiger partial charge in [-0.25, -0.2) is 4.79 Å². The molecule has 1 aliphatic heterocycles. The molecule has 0 bridgehead atoms. The fourth-order valence-electron chi connectivity index (χ4n) is 3.19. The minimum atomic E-state index is -0.125. The van der Waals surface area contributed by atoms with Gasteiger partial charge in [-0.3, -0.25) is 4.98 Å². The largest absolute Gasteiger partial charge is 0.335 e. The molecule has 2 heterocycles. The molecule has 0 saturated carbocycles. The highest BCUT2D eigenvalue weighted by Gasteiger charge is 2.20. The van der Waals surface area contributed by atoms with E-state index in [1.165, 1.54) is 5.56 Å². The normalized spacial score (nSPS) is 15.6. The van der Waals surface area contributed by atoms with E-state index >= 15 is 0 Å². The SMILES string of the molecule is O=C(NCc1ccccc1Cl)NC1CCN(CCc2ccncc2)CC1. The smallest absolute Gasteiger partial charge is 0.315 e. The Labute approximate surface area is 159 Å². The monoisotopic (exact) mass is 372 g/mol. The van der Waals surface area contributed by atoms with E-state index in [1.807, 2.05) is 36.7 Å². The maximum absolute atomic E-state index is 12.1. The van der Waals surface area contributed by atoms with Crippen LogP contribution in [0.3, 0.4) is 0 Å². The molecule has 2 amide bonds. The van der Waals surface area contributed by atoms with Crippen molar-refractivity contribution in [2.75, 3.05) is 19.6 Å². The number of rotatable bonds is 6. The first-order valence-corrected chi connectivity index (χ1v) is 9.47. The molecule has 3 rings (SSSR count). The van der Waals surface area contributed by atoms with E-state index in [9.17, 15) is 4.79 Å². The molecule has 1 aromatic carbocycles. The van der Waals surface area contributed by atoms with Gasteiger partial charge in [0.1, 0.15) is 0 Å². The molecule has 1 aliphatic rings. The number of aromatic nitrogens is 1. The quantitative estimate of drug-likeness (QED) is 0.818. The van der Waals surface area contributed by atoms with Crippen LogP contribution >= 0.6 is 11.6 Å². The maximum Gasteiger partial charge on any atom is 0.315 e. The molecule has 0 unspecified atom stereocenters. The number of hydrogen-bond acceptors (Lipinski definition) is 3. The van der Waals surface area contributed by atoms with Crippen LogP contribution in [-0.4, -0.2) is 41.6 Å². The molecule has 2 N–H and O–H groups in total. The Morgan fingerprint density at radius 1 is 1.15 bits per heavy atom. The minimum Gasteiger partial charge on any atom is -0.335 e. The number of likely N-dealkylation sites (tertiary alicyclic amines) is 1. The van der Waals surface area contributed by atoms with Crippen molar-refractivity contribution in [2.24, 2.45) is 0 Å². The fraction of sp³-hybridized carbons (Fsp3) is 0.400. The van der Waals surface area contributed by atoms with E-state index in [2.05, 4.69) is 32.7 Å². The zero-order chi connectivity index (χ0) is 18.2. The second-order valence-corrected chi connectivity index (χ2v) is 7.05. The van der Waals surface area contributed by atoms with Crippen LogP contribution in [0.1, 0.15) is 24.0 Å². The van der Waals surface area contributed by atoms with Crippen molar-refractivity contribution in [1.82, 2.24) is 20.5 Å². The summed E-state index contributed by atoms with van der Waals surface area (Å²) in [5.74, 6) is 0. The summed E-state index contributed by atoms with van der Waals surface area (Å²) in [6.45, 7) is 3.52. The number of nitrogens with zero attached hydrogens (tertiary/aromatic N) is 2. The first-order valence-electron chi connectivity index (χ1n) is 9.10. The Hall–Kier alpha value is -2.11. The zero-order valence-corrected chi connectivity index (χ0v) is 15.6. The molecule has 1 fully saturated rings. The van der Waals surface area contributed by atoms with Crippen molar-refractivity contribution in [2.45, 2.75) is 31.8 Å². The summed E-state index contributed by atoms with van der Waals surface area (Å²) in [6, 6.07) is 11.8. The maximum atomic E-state index is 12.1. The highest BCUT2D eigenvalue weighted by molar-refractivity contribution is 6.31. The van der Waals surface area contributed by atoms with Crippen molar-refractivity contribution in [1.29, 1.82) is 0 Å². The Morgan fingerprint density at radius 3 is 2.62 bits per heavy atom. The second-order valence-electron chi connectivity index (χ2n) is 6.64. The summed E-state index contributed by atoms with van der Waals surface area (Å²) in [4.78, 5) is 18.6. The standard InChI is InChI=1S/C20H25ClN4O/c21-19-4-2-1-3-17(19)15-23-20(26)24-18-8-13-25(14-9-18)12-7-16-5-10-22-11-6-16/h1-6,10-11,18H,7-9,12-15H2,(H2,23,24,26). The fourth-order valence-corrected chi connectivity index (χ4v) is 3.39. The van der Waals surface area contributed by atoms with Crippen LogP contribution in [0.15, 0.2) is 48.8 Å². The van der Waals surface area contributed by atoms with Crippen molar-refractivity contribution < 1.29 is 4.79 Å². The highest BCUT2D eigenvalue weighted by atomic mass is 35.5. The van der Waals surface area contributed by atoms with Crippen LogP contribution in [0, 0.1) is 0 Å². The number of carbonyl (C=O) groups excluding carboxylic acids is 1. The number of pyridine rings is 1. The average molecular weight is 373 g/mol. The van der Waals surface area contributed by atoms with Crippen LogP contribution in [0.4, 0.5) is 4.79 Å². The third-order valence-corrected chi connectivity index (χ3v) is 5.15. The van der Waals surface area contributed by atoms with E-state index < -0.39 is 0 Å². The summed E-state index contributed by atoms with van der Waals surface area (Å²) < 4.78 is 0. The first kappa shape index (κ1) is 18.7. The molecular weight excluding hydrogens is 348 g/mol. The van der Waals surface area contributed by atoms with E-state index in [0.717, 1.165) is 44.5 Å². The third-order valence-electron chi connectivity index (χ3n) is 4.79. The first-order chi connectivity index (χ1) is 12.7. The topological polar surface area (TPSA) is 57.3 Å². The number of nitrogens with one attached hydrogen (secondary N) is 2. The van der Waals surface area contributed by atoms with Crippen LogP contribution in [0.5, 0.6) is 0 Å². The van der Waals surface area contributed by atoms with Gasteiger partial charge in [0, 0.05) is 49.6 Å². The summed E-state index contributed by atoms with van der Waals surface area (Å²) >= 11 is 6.11. The highest BCUT2D eigenvalue weighted by Crippen LogP contribution is 2.14. The molecule has 1 aromatic heterocycles. The number of piperidine rings is 1. The lowest BCUT2D eigenvalue weighted by Gasteiger charge is -2.32. The van der Waals surface area contributed by atoms with Gasteiger partial charge in [0.25, 0.3) is 0 Å². The Morgan fingerprint density at radius 2 is 1.88 bits per heavy atom. The minimum absolute atomic E-state index is 0.125. The molecular formula is C20H25ClN4O. The zero-order valence-electron chi connectivity index (χ0n) is 14.8. The van der Waals surface area contributed by atoms with Crippen LogP contribution in [0.2, 0.25) is 5.02 Å². The second kappa shape index (κ2) is 9.55. The van der Waals surface area contributed by atoms with Gasteiger partial charge in [0.2, 0.25) is 0 Å². The number of carbonyl (C=O) groups is 1. The van der Waals surface area contributed by atoms with E-state index in [4.69, 9.17) is 11.6 Å². The molecule has 138 valence electrons. The Balaban J connectivity index is 1.34. The van der Waals surface area contributed by atoms with Gasteiger partial charge >= 0.3 is 6.03 Å². The van der Waals surface area contributed by atoms with Gasteiger partial charge in [-0.2, -0.15) is 0 Å². The van der Waals surface area contributed by atoms with Gasteiger partial charge in [-0.15, -0.1) is 0 Å². The summed E-state index contributed by atoms with van der Waals surface area (Å²) in [6.07, 6.45) is 6.68. The van der Waals surface area contributed by atoms with E-state index in [1.54, 1.807) is 0 Å². The molecule has 0 atom stereocenters. The molecule has 6 heteroatoms. The van der Waals surface area contributed by atoms with Gasteiger partial charge in [-0.1, -0.05) is 29.8 Å². The molecule has 2 aromatic rings. The number of halogens is 1. The number of amides is 2. The van der Waals surface area contributed by atoms with E-state index in [-0.39, 0.29) is 12.1 Å². The predicted molar refractivity (Wildman–Crippen MR) is 104 cm³/mol. The lowest BCUT2D eigenvalue weighted by molar-refractivity contribution is 0.193. The van der Waals surface area contributed by atoms with Crippen LogP contribution < -0.4 is 10.6 Å². The van der Waals surface area contributed by atoms with Gasteiger partial charge in [-0.05, 0) is 48.6 Å². The Kier molecular flexibility index (Phi) is 6.86. The molecule has 0 spiro atoms. The third kappa shape index (κ3) is 5.71. The lowest BCUT2D eigenvalue weighted by Crippen LogP contribution is -2.48. The van der Waals surface area contributed by atoms with Gasteiger partial charge < -0.3 is 15.5 Å².